The van der Waals surface area contributed by atoms with Crippen molar-refractivity contribution in [3.63, 3.8) is 0 Å². The molecule has 9 rings (SSSR count). The first kappa shape index (κ1) is 31.9. The Labute approximate surface area is 296 Å². The lowest BCUT2D eigenvalue weighted by Gasteiger charge is -2.39. The molecule has 10 nitrogen and oxygen atoms in total. The maximum absolute atomic E-state index is 16.2. The summed E-state index contributed by atoms with van der Waals surface area (Å²) in [6, 6.07) is 30.8. The summed E-state index contributed by atoms with van der Waals surface area (Å²) in [7, 11) is 0. The zero-order valence-electron chi connectivity index (χ0n) is 27.8. The minimum atomic E-state index is -3.86. The summed E-state index contributed by atoms with van der Waals surface area (Å²) in [6.45, 7) is 3.55. The lowest BCUT2D eigenvalue weighted by Crippen LogP contribution is -2.49. The van der Waals surface area contributed by atoms with Crippen LogP contribution in [0.4, 0.5) is 24.5 Å². The zero-order chi connectivity index (χ0) is 35.5. The molecular formula is C39H32F3N9O. The lowest BCUT2D eigenvalue weighted by molar-refractivity contribution is -0.207. The van der Waals surface area contributed by atoms with Crippen LogP contribution >= 0.6 is 0 Å². The van der Waals surface area contributed by atoms with Gasteiger partial charge in [-0.2, -0.15) is 8.78 Å². The van der Waals surface area contributed by atoms with Gasteiger partial charge in [0.05, 0.1) is 23.9 Å². The molecule has 260 valence electrons. The molecule has 2 aliphatic heterocycles. The summed E-state index contributed by atoms with van der Waals surface area (Å²) in [5, 5.41) is 22.6. The fourth-order valence-corrected chi connectivity index (χ4v) is 7.33. The lowest BCUT2D eigenvalue weighted by atomic mass is 9.80. The Morgan fingerprint density at radius 1 is 0.769 bits per heavy atom. The number of hydrogen-bond acceptors (Lipinski definition) is 8. The molecule has 5 heterocycles. The van der Waals surface area contributed by atoms with Crippen LogP contribution in [0.3, 0.4) is 0 Å². The largest absolute Gasteiger partial charge is 0.377 e. The molecule has 3 aromatic heterocycles. The van der Waals surface area contributed by atoms with Crippen LogP contribution < -0.4 is 9.80 Å². The van der Waals surface area contributed by atoms with Gasteiger partial charge in [0.25, 0.3) is 0 Å². The number of hydrogen-bond donors (Lipinski definition) is 1. The van der Waals surface area contributed by atoms with Gasteiger partial charge in [-0.3, -0.25) is 4.98 Å². The van der Waals surface area contributed by atoms with Crippen LogP contribution in [0, 0.1) is 5.82 Å². The number of anilines is 2. The van der Waals surface area contributed by atoms with E-state index in [4.69, 9.17) is 0 Å². The first-order chi connectivity index (χ1) is 25.3. The highest BCUT2D eigenvalue weighted by Crippen LogP contribution is 2.50. The van der Waals surface area contributed by atoms with Crippen molar-refractivity contribution in [1.82, 2.24) is 34.7 Å². The maximum Gasteiger partial charge on any atom is 0.323 e. The van der Waals surface area contributed by atoms with E-state index in [0.717, 1.165) is 77.9 Å². The van der Waals surface area contributed by atoms with Gasteiger partial charge in [0.15, 0.2) is 11.4 Å². The van der Waals surface area contributed by atoms with E-state index in [2.05, 4.69) is 82.3 Å². The Morgan fingerprint density at radius 3 is 2.25 bits per heavy atom. The van der Waals surface area contributed by atoms with E-state index in [1.165, 1.54) is 23.5 Å². The Kier molecular flexibility index (Phi) is 7.54. The normalized spacial score (nSPS) is 17.3. The van der Waals surface area contributed by atoms with Crippen molar-refractivity contribution >= 4 is 22.4 Å². The van der Waals surface area contributed by atoms with E-state index in [-0.39, 0.29) is 17.0 Å². The summed E-state index contributed by atoms with van der Waals surface area (Å²) in [5.41, 5.74) is 3.48. The van der Waals surface area contributed by atoms with Gasteiger partial charge in [-0.25, -0.2) is 14.1 Å². The summed E-state index contributed by atoms with van der Waals surface area (Å²) >= 11 is 0. The molecule has 52 heavy (non-hydrogen) atoms. The maximum atomic E-state index is 16.2. The molecule has 0 spiro atoms. The van der Waals surface area contributed by atoms with Crippen molar-refractivity contribution in [3.05, 3.63) is 138 Å². The second kappa shape index (κ2) is 12.3. The molecule has 13 heteroatoms. The van der Waals surface area contributed by atoms with Gasteiger partial charge in [0.1, 0.15) is 11.5 Å². The van der Waals surface area contributed by atoms with Crippen molar-refractivity contribution in [2.75, 3.05) is 36.0 Å². The SMILES string of the molecule is O[C@@]1(C(F)(F)c2ccc(-c3ccc(N4CCN(c5ccc6ncn(Cc7ccccc7)c6c5)CC4)cc3)cn2)Cn2nnnc2-c2cc(F)ccc21. The molecule has 0 radical (unpaired) electrons. The average molecular weight is 700 g/mol. The van der Waals surface area contributed by atoms with E-state index in [0.29, 0.717) is 5.56 Å². The third-order valence-corrected chi connectivity index (χ3v) is 10.2. The average Bonchev–Trinajstić information content (AvgIpc) is 3.82. The van der Waals surface area contributed by atoms with Crippen LogP contribution in [0.5, 0.6) is 0 Å². The van der Waals surface area contributed by atoms with Gasteiger partial charge >= 0.3 is 5.92 Å². The molecule has 0 saturated carbocycles. The van der Waals surface area contributed by atoms with Gasteiger partial charge in [-0.05, 0) is 70.1 Å². The van der Waals surface area contributed by atoms with Crippen LogP contribution in [-0.4, -0.2) is 66.0 Å². The molecule has 0 unspecified atom stereocenters. The summed E-state index contributed by atoms with van der Waals surface area (Å²) in [6.07, 6.45) is 3.28. The summed E-state index contributed by atoms with van der Waals surface area (Å²) in [5.74, 6) is -4.42. The topological polar surface area (TPSA) is 101 Å². The summed E-state index contributed by atoms with van der Waals surface area (Å²) in [4.78, 5) is 13.4. The monoisotopic (exact) mass is 699 g/mol. The number of aromatic nitrogens is 7. The third kappa shape index (κ3) is 5.35. The highest BCUT2D eigenvalue weighted by Gasteiger charge is 2.59. The van der Waals surface area contributed by atoms with E-state index < -0.39 is 29.6 Å². The van der Waals surface area contributed by atoms with Gasteiger partial charge in [-0.1, -0.05) is 54.6 Å². The molecule has 0 bridgehead atoms. The van der Waals surface area contributed by atoms with E-state index in [1.54, 1.807) is 6.07 Å². The Hall–Kier alpha value is -6.08. The number of nitrogens with zero attached hydrogens (tertiary/aromatic N) is 9. The number of aliphatic hydroxyl groups is 1. The van der Waals surface area contributed by atoms with Crippen LogP contribution in [0.15, 0.2) is 116 Å². The molecule has 0 aliphatic carbocycles. The molecule has 1 saturated heterocycles. The van der Waals surface area contributed by atoms with Crippen molar-refractivity contribution in [2.24, 2.45) is 0 Å². The highest BCUT2D eigenvalue weighted by molar-refractivity contribution is 5.80. The van der Waals surface area contributed by atoms with Crippen LogP contribution in [-0.2, 0) is 24.6 Å². The number of alkyl halides is 2. The molecular weight excluding hydrogens is 667 g/mol. The molecule has 4 aromatic carbocycles. The van der Waals surface area contributed by atoms with E-state index in [1.807, 2.05) is 36.7 Å². The minimum absolute atomic E-state index is 0.000695. The second-order valence-corrected chi connectivity index (χ2v) is 13.3. The number of piperazine rings is 1. The van der Waals surface area contributed by atoms with Crippen LogP contribution in [0.25, 0.3) is 33.5 Å². The van der Waals surface area contributed by atoms with Crippen LogP contribution in [0.1, 0.15) is 16.8 Å². The molecule has 0 amide bonds. The smallest absolute Gasteiger partial charge is 0.323 e. The Balaban J connectivity index is 0.877. The highest BCUT2D eigenvalue weighted by atomic mass is 19.3. The first-order valence-electron chi connectivity index (χ1n) is 17.0. The van der Waals surface area contributed by atoms with Gasteiger partial charge in [0.2, 0.25) is 0 Å². The van der Waals surface area contributed by atoms with Gasteiger partial charge in [0, 0.05) is 67.0 Å². The fraction of sp³-hybridized carbons (Fsp3) is 0.205. The molecule has 2 aliphatic rings. The molecule has 1 N–H and O–H groups in total. The number of halogens is 3. The third-order valence-electron chi connectivity index (χ3n) is 10.2. The van der Waals surface area contributed by atoms with Crippen molar-refractivity contribution in [1.29, 1.82) is 0 Å². The molecule has 1 atom stereocenters. The number of imidazole rings is 1. The number of pyridine rings is 1. The Bertz CT molecular complexity index is 2390. The number of tetrazole rings is 1. The van der Waals surface area contributed by atoms with Crippen molar-refractivity contribution in [2.45, 2.75) is 24.6 Å². The van der Waals surface area contributed by atoms with Crippen LogP contribution in [0.2, 0.25) is 0 Å². The van der Waals surface area contributed by atoms with Crippen molar-refractivity contribution in [3.8, 4) is 22.5 Å². The number of fused-ring (bicyclic) bond motifs is 4. The second-order valence-electron chi connectivity index (χ2n) is 13.3. The fourth-order valence-electron chi connectivity index (χ4n) is 7.33. The molecule has 1 fully saturated rings. The minimum Gasteiger partial charge on any atom is -0.377 e. The number of rotatable bonds is 7. The van der Waals surface area contributed by atoms with E-state index in [9.17, 15) is 9.50 Å². The molecule has 7 aromatic rings. The first-order valence-corrected chi connectivity index (χ1v) is 17.0. The number of benzene rings is 4. The predicted molar refractivity (Wildman–Crippen MR) is 190 cm³/mol. The van der Waals surface area contributed by atoms with Crippen molar-refractivity contribution < 1.29 is 18.3 Å². The predicted octanol–water partition coefficient (Wildman–Crippen LogP) is 6.26. The van der Waals surface area contributed by atoms with Gasteiger partial charge in [-0.15, -0.1) is 5.10 Å². The summed E-state index contributed by atoms with van der Waals surface area (Å²) < 4.78 is 49.7. The standard InChI is InChI=1S/C39H32F3N9O/c40-29-9-13-33-32(20-29)37-45-46-47-51(37)24-38(33,52)39(41,42)36-15-8-28(22-43-36)27-6-10-30(11-7-27)48-16-18-49(19-17-48)31-12-14-34-35(21-31)50(25-44-34)23-26-4-2-1-3-5-26/h1-15,20-22,25,52H,16-19,23-24H2/t38-/m0/s1. The zero-order valence-corrected chi connectivity index (χ0v) is 27.8. The van der Waals surface area contributed by atoms with E-state index >= 15 is 8.78 Å². The quantitative estimate of drug-likeness (QED) is 0.208. The Morgan fingerprint density at radius 2 is 1.50 bits per heavy atom. The van der Waals surface area contributed by atoms with Gasteiger partial charge < -0.3 is 19.5 Å².